The third-order valence-electron chi connectivity index (χ3n) is 3.47. The number of phenols is 1. The van der Waals surface area contributed by atoms with Crippen molar-refractivity contribution in [1.29, 1.82) is 0 Å². The zero-order chi connectivity index (χ0) is 17.3. The number of carbonyl (C=O) groups excluding carboxylic acids is 2. The second kappa shape index (κ2) is 6.59. The smallest absolute Gasteiger partial charge is 0.270 e. The number of ketones is 1. The molecule has 0 atom stereocenters. The molecule has 0 radical (unpaired) electrons. The van der Waals surface area contributed by atoms with Crippen molar-refractivity contribution >= 4 is 51.8 Å². The third-order valence-corrected chi connectivity index (χ3v) is 4.77. The Bertz CT molecular complexity index is 889. The zero-order valence-corrected chi connectivity index (χ0v) is 14.4. The van der Waals surface area contributed by atoms with Crippen LogP contribution in [-0.2, 0) is 4.79 Å². The van der Waals surface area contributed by atoms with Crippen LogP contribution in [0.1, 0.15) is 22.8 Å². The minimum atomic E-state index is -0.242. The molecule has 0 spiro atoms. The van der Waals surface area contributed by atoms with Gasteiger partial charge in [0.05, 0.1) is 10.6 Å². The summed E-state index contributed by atoms with van der Waals surface area (Å²) in [5.74, 6) is -0.181. The lowest BCUT2D eigenvalue weighted by Crippen LogP contribution is -2.27. The molecule has 4 nitrogen and oxygen atoms in total. The summed E-state index contributed by atoms with van der Waals surface area (Å²) in [6.45, 7) is 1.48. The summed E-state index contributed by atoms with van der Waals surface area (Å²) < 4.78 is 0.409. The second-order valence-electron chi connectivity index (χ2n) is 5.22. The topological polar surface area (TPSA) is 57.6 Å². The molecule has 0 unspecified atom stereocenters. The van der Waals surface area contributed by atoms with Gasteiger partial charge in [0.1, 0.15) is 5.75 Å². The van der Waals surface area contributed by atoms with Gasteiger partial charge in [0.2, 0.25) is 0 Å². The average molecular weight is 355 g/mol. The van der Waals surface area contributed by atoms with Crippen LogP contribution in [-0.4, -0.2) is 21.1 Å². The molecule has 2 aromatic rings. The summed E-state index contributed by atoms with van der Waals surface area (Å²) >= 11 is 6.51. The van der Waals surface area contributed by atoms with Gasteiger partial charge in [-0.05, 0) is 42.8 Å². The van der Waals surface area contributed by atoms with Crippen LogP contribution in [0.5, 0.6) is 5.75 Å². The summed E-state index contributed by atoms with van der Waals surface area (Å²) in [5, 5.41) is 9.53. The molecule has 120 valence electrons. The average Bonchev–Trinajstić information content (AvgIpc) is 2.81. The summed E-state index contributed by atoms with van der Waals surface area (Å²) in [6.07, 6.45) is 1.69. The van der Waals surface area contributed by atoms with Crippen molar-refractivity contribution in [1.82, 2.24) is 0 Å². The zero-order valence-electron chi connectivity index (χ0n) is 12.7. The van der Waals surface area contributed by atoms with Crippen LogP contribution in [0.3, 0.4) is 0 Å². The molecule has 24 heavy (non-hydrogen) atoms. The molecule has 0 aromatic heterocycles. The minimum Gasteiger partial charge on any atom is -0.508 e. The molecule has 1 aliphatic rings. The highest BCUT2D eigenvalue weighted by molar-refractivity contribution is 8.27. The van der Waals surface area contributed by atoms with Gasteiger partial charge in [0.15, 0.2) is 10.1 Å². The fourth-order valence-corrected chi connectivity index (χ4v) is 3.62. The Hall–Kier alpha value is -2.44. The Morgan fingerprint density at radius 1 is 1.21 bits per heavy atom. The monoisotopic (exact) mass is 355 g/mol. The number of Topliss-reactive ketones (excluding diaryl/α,β-unsaturated/α-hetero) is 1. The molecule has 3 rings (SSSR count). The van der Waals surface area contributed by atoms with Crippen LogP contribution in [0.2, 0.25) is 0 Å². The van der Waals surface area contributed by atoms with E-state index in [1.807, 2.05) is 0 Å². The number of hydrogen-bond acceptors (Lipinski definition) is 5. The SMILES string of the molecule is CC(=O)c1cccc(N2C(=O)/C(=C/c3cccc(O)c3)SC2=S)c1. The maximum atomic E-state index is 12.7. The van der Waals surface area contributed by atoms with E-state index in [4.69, 9.17) is 12.2 Å². The number of anilines is 1. The van der Waals surface area contributed by atoms with Gasteiger partial charge in [-0.25, -0.2) is 0 Å². The first kappa shape index (κ1) is 16.4. The van der Waals surface area contributed by atoms with E-state index in [0.29, 0.717) is 26.0 Å². The summed E-state index contributed by atoms with van der Waals surface area (Å²) in [6, 6.07) is 13.5. The third kappa shape index (κ3) is 3.25. The van der Waals surface area contributed by atoms with Crippen LogP contribution in [0.25, 0.3) is 6.08 Å². The first-order valence-electron chi connectivity index (χ1n) is 7.14. The first-order chi connectivity index (χ1) is 11.5. The van der Waals surface area contributed by atoms with Crippen LogP contribution < -0.4 is 4.90 Å². The van der Waals surface area contributed by atoms with E-state index >= 15 is 0 Å². The standard InChI is InChI=1S/C18H13NO3S2/c1-11(20)13-5-3-6-14(10-13)19-17(22)16(24-18(19)23)9-12-4-2-7-15(21)8-12/h2-10,21H,1H3/b16-9-. The van der Waals surface area contributed by atoms with E-state index in [9.17, 15) is 14.7 Å². The maximum Gasteiger partial charge on any atom is 0.270 e. The lowest BCUT2D eigenvalue weighted by Gasteiger charge is -2.15. The largest absolute Gasteiger partial charge is 0.508 e. The molecule has 0 aliphatic carbocycles. The van der Waals surface area contributed by atoms with Gasteiger partial charge in [-0.15, -0.1) is 0 Å². The van der Waals surface area contributed by atoms with Gasteiger partial charge in [0.25, 0.3) is 5.91 Å². The van der Waals surface area contributed by atoms with E-state index in [2.05, 4.69) is 0 Å². The van der Waals surface area contributed by atoms with E-state index in [0.717, 1.165) is 0 Å². The molecule has 2 aromatic carbocycles. The molecule has 1 amide bonds. The molecule has 1 N–H and O–H groups in total. The van der Waals surface area contributed by atoms with E-state index in [-0.39, 0.29) is 17.4 Å². The highest BCUT2D eigenvalue weighted by Crippen LogP contribution is 2.36. The van der Waals surface area contributed by atoms with Gasteiger partial charge >= 0.3 is 0 Å². The normalized spacial score (nSPS) is 16.0. The first-order valence-corrected chi connectivity index (χ1v) is 8.36. The number of carbonyl (C=O) groups is 2. The molecule has 6 heteroatoms. The van der Waals surface area contributed by atoms with Crippen molar-refractivity contribution in [3.8, 4) is 5.75 Å². The van der Waals surface area contributed by atoms with E-state index in [1.165, 1.54) is 23.6 Å². The predicted octanol–water partition coefficient (Wildman–Crippen LogP) is 4.00. The number of thiocarbonyl (C=S) groups is 1. The molecular formula is C18H13NO3S2. The summed E-state index contributed by atoms with van der Waals surface area (Å²) in [5.41, 5.74) is 1.82. The van der Waals surface area contributed by atoms with E-state index < -0.39 is 0 Å². The van der Waals surface area contributed by atoms with Gasteiger partial charge in [-0.2, -0.15) is 0 Å². The number of amides is 1. The Morgan fingerprint density at radius 2 is 1.96 bits per heavy atom. The Labute approximate surface area is 148 Å². The Morgan fingerprint density at radius 3 is 2.67 bits per heavy atom. The quantitative estimate of drug-likeness (QED) is 0.512. The van der Waals surface area contributed by atoms with Gasteiger partial charge in [-0.1, -0.05) is 48.2 Å². The highest BCUT2D eigenvalue weighted by Gasteiger charge is 2.33. The molecule has 0 saturated carbocycles. The molecule has 1 saturated heterocycles. The van der Waals surface area contributed by atoms with Crippen molar-refractivity contribution in [3.05, 3.63) is 64.6 Å². The van der Waals surface area contributed by atoms with Crippen LogP contribution >= 0.6 is 24.0 Å². The lowest BCUT2D eigenvalue weighted by atomic mass is 10.1. The number of phenolic OH excluding ortho intramolecular Hbond substituents is 1. The van der Waals surface area contributed by atoms with Crippen molar-refractivity contribution in [3.63, 3.8) is 0 Å². The van der Waals surface area contributed by atoms with Gasteiger partial charge in [0, 0.05) is 5.56 Å². The molecule has 1 aliphatic heterocycles. The second-order valence-corrected chi connectivity index (χ2v) is 6.89. The number of rotatable bonds is 3. The number of hydrogen-bond donors (Lipinski definition) is 1. The molecule has 1 heterocycles. The van der Waals surface area contributed by atoms with Crippen molar-refractivity contribution in [2.24, 2.45) is 0 Å². The summed E-state index contributed by atoms with van der Waals surface area (Å²) in [4.78, 5) is 26.1. The lowest BCUT2D eigenvalue weighted by molar-refractivity contribution is -0.113. The molecule has 1 fully saturated rings. The van der Waals surface area contributed by atoms with E-state index in [1.54, 1.807) is 54.6 Å². The number of thioether (sulfide) groups is 1. The Kier molecular flexibility index (Phi) is 4.51. The number of benzene rings is 2. The fourth-order valence-electron chi connectivity index (χ4n) is 2.32. The van der Waals surface area contributed by atoms with Crippen LogP contribution in [0.15, 0.2) is 53.4 Å². The number of nitrogens with zero attached hydrogens (tertiary/aromatic N) is 1. The van der Waals surface area contributed by atoms with Gasteiger partial charge < -0.3 is 5.11 Å². The van der Waals surface area contributed by atoms with Crippen LogP contribution in [0, 0.1) is 0 Å². The molecular weight excluding hydrogens is 342 g/mol. The Balaban J connectivity index is 1.95. The minimum absolute atomic E-state index is 0.0717. The molecule has 0 bridgehead atoms. The van der Waals surface area contributed by atoms with Crippen LogP contribution in [0.4, 0.5) is 5.69 Å². The number of aromatic hydroxyl groups is 1. The summed E-state index contributed by atoms with van der Waals surface area (Å²) in [7, 11) is 0. The van der Waals surface area contributed by atoms with Gasteiger partial charge in [-0.3, -0.25) is 14.5 Å². The highest BCUT2D eigenvalue weighted by atomic mass is 32.2. The maximum absolute atomic E-state index is 12.7. The van der Waals surface area contributed by atoms with Crippen molar-refractivity contribution in [2.45, 2.75) is 6.92 Å². The predicted molar refractivity (Wildman–Crippen MR) is 100 cm³/mol. The van der Waals surface area contributed by atoms with Crippen molar-refractivity contribution < 1.29 is 14.7 Å². The fraction of sp³-hybridized carbons (Fsp3) is 0.0556. The van der Waals surface area contributed by atoms with Crippen molar-refractivity contribution in [2.75, 3.05) is 4.90 Å².